The fourth-order valence-electron chi connectivity index (χ4n) is 2.77. The number of ether oxygens (including phenoxy) is 1. The highest BCUT2D eigenvalue weighted by Crippen LogP contribution is 2.32. The Balaban J connectivity index is 1.66. The van der Waals surface area contributed by atoms with E-state index in [4.69, 9.17) is 11.2 Å². The second kappa shape index (κ2) is 8.11. The van der Waals surface area contributed by atoms with E-state index in [2.05, 4.69) is 5.92 Å². The van der Waals surface area contributed by atoms with E-state index in [1.54, 1.807) is 35.2 Å². The van der Waals surface area contributed by atoms with Gasteiger partial charge in [0.2, 0.25) is 5.91 Å². The van der Waals surface area contributed by atoms with Crippen molar-refractivity contribution < 1.29 is 19.1 Å². The highest BCUT2D eigenvalue weighted by molar-refractivity contribution is 8.18. The summed E-state index contributed by atoms with van der Waals surface area (Å²) in [4.78, 5) is 39.8. The maximum absolute atomic E-state index is 12.5. The van der Waals surface area contributed by atoms with Crippen LogP contribution in [-0.4, -0.2) is 53.1 Å². The molecule has 0 radical (unpaired) electrons. The number of hydrogen-bond donors (Lipinski definition) is 0. The van der Waals surface area contributed by atoms with Crippen LogP contribution in [0.3, 0.4) is 0 Å². The molecule has 2 aliphatic heterocycles. The Morgan fingerprint density at radius 2 is 1.92 bits per heavy atom. The number of nitrogens with zero attached hydrogens (tertiary/aromatic N) is 2. The first-order chi connectivity index (χ1) is 12.6. The molecule has 1 aromatic carbocycles. The Morgan fingerprint density at radius 3 is 2.58 bits per heavy atom. The van der Waals surface area contributed by atoms with Crippen molar-refractivity contribution in [3.05, 3.63) is 34.7 Å². The van der Waals surface area contributed by atoms with Gasteiger partial charge < -0.3 is 9.64 Å². The number of carbonyl (C=O) groups is 3. The zero-order chi connectivity index (χ0) is 18.5. The van der Waals surface area contributed by atoms with E-state index >= 15 is 0 Å². The van der Waals surface area contributed by atoms with E-state index in [0.29, 0.717) is 23.7 Å². The first-order valence-corrected chi connectivity index (χ1v) is 9.09. The highest BCUT2D eigenvalue weighted by Gasteiger charge is 2.37. The van der Waals surface area contributed by atoms with Crippen LogP contribution in [0.1, 0.15) is 18.4 Å². The van der Waals surface area contributed by atoms with Crippen LogP contribution in [0.2, 0.25) is 0 Å². The summed E-state index contributed by atoms with van der Waals surface area (Å²) >= 11 is 0.849. The summed E-state index contributed by atoms with van der Waals surface area (Å²) in [6.45, 7) is 1.38. The molecule has 0 N–H and O–H groups in total. The molecule has 0 aliphatic carbocycles. The summed E-state index contributed by atoms with van der Waals surface area (Å²) in [5.41, 5.74) is 0.759. The zero-order valence-corrected chi connectivity index (χ0v) is 15.0. The summed E-state index contributed by atoms with van der Waals surface area (Å²) in [7, 11) is 0. The molecule has 2 saturated heterocycles. The summed E-state index contributed by atoms with van der Waals surface area (Å²) in [5, 5.41) is -0.414. The SMILES string of the molecule is C#CCOc1ccc(C=C2SC(=O)N(CC(=O)N3CCCC3)C2=O)cc1. The molecule has 1 aromatic rings. The quantitative estimate of drug-likeness (QED) is 0.588. The normalized spacial score (nSPS) is 18.5. The summed E-state index contributed by atoms with van der Waals surface area (Å²) in [5.74, 6) is 2.40. The summed E-state index contributed by atoms with van der Waals surface area (Å²) < 4.78 is 5.29. The highest BCUT2D eigenvalue weighted by atomic mass is 32.2. The molecular weight excluding hydrogens is 352 g/mol. The van der Waals surface area contributed by atoms with Gasteiger partial charge in [0.05, 0.1) is 4.91 Å². The average Bonchev–Trinajstić information content (AvgIpc) is 3.26. The van der Waals surface area contributed by atoms with Crippen molar-refractivity contribution in [1.29, 1.82) is 0 Å². The van der Waals surface area contributed by atoms with Gasteiger partial charge >= 0.3 is 0 Å². The minimum atomic E-state index is -0.430. The number of terminal acetylenes is 1. The number of imide groups is 1. The van der Waals surface area contributed by atoms with Gasteiger partial charge in [-0.15, -0.1) is 6.42 Å². The van der Waals surface area contributed by atoms with Gasteiger partial charge in [0.25, 0.3) is 11.1 Å². The van der Waals surface area contributed by atoms with E-state index in [0.717, 1.165) is 35.1 Å². The Bertz CT molecular complexity index is 789. The lowest BCUT2D eigenvalue weighted by Crippen LogP contribution is -2.40. The van der Waals surface area contributed by atoms with Gasteiger partial charge in [-0.25, -0.2) is 0 Å². The largest absolute Gasteiger partial charge is 0.481 e. The van der Waals surface area contributed by atoms with Crippen molar-refractivity contribution in [3.8, 4) is 18.1 Å². The molecule has 0 bridgehead atoms. The van der Waals surface area contributed by atoms with Gasteiger partial charge in [0, 0.05) is 13.1 Å². The molecule has 0 saturated carbocycles. The number of hydrogen-bond acceptors (Lipinski definition) is 5. The van der Waals surface area contributed by atoms with Crippen LogP contribution in [-0.2, 0) is 9.59 Å². The van der Waals surface area contributed by atoms with Crippen molar-refractivity contribution in [2.24, 2.45) is 0 Å². The minimum Gasteiger partial charge on any atom is -0.481 e. The molecule has 2 fully saturated rings. The lowest BCUT2D eigenvalue weighted by atomic mass is 10.2. The summed E-state index contributed by atoms with van der Waals surface area (Å²) in [6, 6.07) is 7.03. The van der Waals surface area contributed by atoms with Crippen LogP contribution < -0.4 is 4.74 Å². The fraction of sp³-hybridized carbons (Fsp3) is 0.316. The van der Waals surface area contributed by atoms with E-state index in [1.165, 1.54) is 0 Å². The van der Waals surface area contributed by atoms with Crippen molar-refractivity contribution in [2.75, 3.05) is 26.2 Å². The van der Waals surface area contributed by atoms with E-state index in [1.807, 2.05) is 0 Å². The van der Waals surface area contributed by atoms with E-state index in [-0.39, 0.29) is 19.1 Å². The Labute approximate surface area is 156 Å². The Kier molecular flexibility index (Phi) is 5.64. The standard InChI is InChI=1S/C19H18N2O4S/c1-2-11-25-15-7-5-14(6-8-15)12-16-18(23)21(19(24)26-16)13-17(22)20-9-3-4-10-20/h1,5-8,12H,3-4,9-11,13H2. The van der Waals surface area contributed by atoms with Crippen molar-refractivity contribution in [2.45, 2.75) is 12.8 Å². The molecule has 7 heteroatoms. The maximum Gasteiger partial charge on any atom is 0.294 e. The number of carbonyl (C=O) groups excluding carboxylic acids is 3. The van der Waals surface area contributed by atoms with Crippen molar-refractivity contribution in [1.82, 2.24) is 9.80 Å². The lowest BCUT2D eigenvalue weighted by molar-refractivity contribution is -0.135. The lowest BCUT2D eigenvalue weighted by Gasteiger charge is -2.18. The maximum atomic E-state index is 12.5. The molecule has 3 rings (SSSR count). The van der Waals surface area contributed by atoms with Crippen LogP contribution in [0.4, 0.5) is 4.79 Å². The van der Waals surface area contributed by atoms with E-state index < -0.39 is 11.1 Å². The van der Waals surface area contributed by atoms with Crippen LogP contribution in [0, 0.1) is 12.3 Å². The van der Waals surface area contributed by atoms with Crippen LogP contribution >= 0.6 is 11.8 Å². The van der Waals surface area contributed by atoms with E-state index in [9.17, 15) is 14.4 Å². The van der Waals surface area contributed by atoms with Gasteiger partial charge in [-0.1, -0.05) is 18.1 Å². The summed E-state index contributed by atoms with van der Waals surface area (Å²) in [6.07, 6.45) is 8.71. The molecule has 0 aromatic heterocycles. The van der Waals surface area contributed by atoms with Gasteiger partial charge in [-0.05, 0) is 48.4 Å². The smallest absolute Gasteiger partial charge is 0.294 e. The van der Waals surface area contributed by atoms with Gasteiger partial charge in [-0.2, -0.15) is 0 Å². The van der Waals surface area contributed by atoms with Crippen LogP contribution in [0.5, 0.6) is 5.75 Å². The number of amides is 3. The first-order valence-electron chi connectivity index (χ1n) is 8.28. The first kappa shape index (κ1) is 18.1. The van der Waals surface area contributed by atoms with Crippen molar-refractivity contribution in [3.63, 3.8) is 0 Å². The van der Waals surface area contributed by atoms with Gasteiger partial charge in [0.1, 0.15) is 18.9 Å². The van der Waals surface area contributed by atoms with Crippen molar-refractivity contribution >= 4 is 34.9 Å². The number of likely N-dealkylation sites (tertiary alicyclic amines) is 1. The van der Waals surface area contributed by atoms with Gasteiger partial charge in [0.15, 0.2) is 0 Å². The zero-order valence-electron chi connectivity index (χ0n) is 14.1. The molecule has 2 heterocycles. The molecule has 0 spiro atoms. The third kappa shape index (κ3) is 4.09. The fourth-order valence-corrected chi connectivity index (χ4v) is 3.61. The molecule has 3 amide bonds. The third-order valence-corrected chi connectivity index (χ3v) is 5.03. The Morgan fingerprint density at radius 1 is 1.23 bits per heavy atom. The number of thioether (sulfide) groups is 1. The second-order valence-electron chi connectivity index (χ2n) is 5.92. The average molecular weight is 370 g/mol. The Hall–Kier alpha value is -2.72. The second-order valence-corrected chi connectivity index (χ2v) is 6.91. The minimum absolute atomic E-state index is 0.180. The number of rotatable bonds is 5. The predicted octanol–water partition coefficient (Wildman–Crippen LogP) is 2.36. The van der Waals surface area contributed by atoms with Crippen LogP contribution in [0.15, 0.2) is 29.2 Å². The molecule has 134 valence electrons. The molecule has 2 aliphatic rings. The predicted molar refractivity (Wildman–Crippen MR) is 99.3 cm³/mol. The molecule has 0 unspecified atom stereocenters. The molecule has 26 heavy (non-hydrogen) atoms. The number of benzene rings is 1. The molecular formula is C19H18N2O4S. The molecule has 0 atom stereocenters. The third-order valence-electron chi connectivity index (χ3n) is 4.13. The van der Waals surface area contributed by atoms with Gasteiger partial charge in [-0.3, -0.25) is 19.3 Å². The topological polar surface area (TPSA) is 66.9 Å². The monoisotopic (exact) mass is 370 g/mol. The molecule has 6 nitrogen and oxygen atoms in total. The van der Waals surface area contributed by atoms with Crippen LogP contribution in [0.25, 0.3) is 6.08 Å².